The van der Waals surface area contributed by atoms with Crippen molar-refractivity contribution >= 4 is 35.8 Å². The monoisotopic (exact) mass is 557 g/mol. The van der Waals surface area contributed by atoms with Gasteiger partial charge in [0.05, 0.1) is 24.7 Å². The number of morpholine rings is 1. The van der Waals surface area contributed by atoms with Crippen molar-refractivity contribution in [2.24, 2.45) is 10.4 Å². The fraction of sp³-hybridized carbons (Fsp3) is 0.667. The summed E-state index contributed by atoms with van der Waals surface area (Å²) in [5, 5.41) is 6.98. The third-order valence-electron chi connectivity index (χ3n) is 6.65. The van der Waals surface area contributed by atoms with E-state index in [9.17, 15) is 4.79 Å². The van der Waals surface area contributed by atoms with Crippen LogP contribution in [0.2, 0.25) is 0 Å². The van der Waals surface area contributed by atoms with E-state index in [1.54, 1.807) is 11.9 Å². The molecule has 1 atom stereocenters. The van der Waals surface area contributed by atoms with Crippen LogP contribution in [-0.2, 0) is 9.53 Å². The van der Waals surface area contributed by atoms with Crippen LogP contribution in [-0.4, -0.2) is 82.2 Å². The molecular weight excluding hydrogens is 517 g/mol. The number of aliphatic imine (C=N–C) groups is 1. The molecule has 0 aromatic heterocycles. The molecule has 1 saturated heterocycles. The first-order valence-corrected chi connectivity index (χ1v) is 11.5. The molecule has 0 radical (unpaired) electrons. The van der Waals surface area contributed by atoms with Crippen LogP contribution in [0.1, 0.15) is 42.9 Å². The number of hydrogen-bond acceptors (Lipinski definition) is 4. The summed E-state index contributed by atoms with van der Waals surface area (Å²) in [5.41, 5.74) is 2.25. The van der Waals surface area contributed by atoms with E-state index in [2.05, 4.69) is 51.7 Å². The summed E-state index contributed by atoms with van der Waals surface area (Å²) in [6.07, 6.45) is 4.10. The van der Waals surface area contributed by atoms with Crippen LogP contribution in [0.5, 0.6) is 0 Å². The summed E-state index contributed by atoms with van der Waals surface area (Å²) in [6, 6.07) is 9.03. The van der Waals surface area contributed by atoms with Gasteiger partial charge in [0.2, 0.25) is 5.91 Å². The van der Waals surface area contributed by atoms with Crippen LogP contribution in [0.3, 0.4) is 0 Å². The molecule has 1 aromatic rings. The number of rotatable bonds is 7. The Balaban J connectivity index is 0.00000363. The molecule has 7 nitrogen and oxygen atoms in total. The average Bonchev–Trinajstić information content (AvgIpc) is 3.27. The zero-order chi connectivity index (χ0) is 22.3. The number of aryl methyl sites for hydroxylation is 1. The zero-order valence-corrected chi connectivity index (χ0v) is 22.4. The minimum atomic E-state index is -0.318. The quantitative estimate of drug-likeness (QED) is 0.307. The maximum Gasteiger partial charge on any atom is 0.230 e. The van der Waals surface area contributed by atoms with E-state index in [0.29, 0.717) is 6.54 Å². The lowest BCUT2D eigenvalue weighted by Gasteiger charge is -2.35. The van der Waals surface area contributed by atoms with Crippen molar-refractivity contribution in [3.05, 3.63) is 35.4 Å². The maximum absolute atomic E-state index is 12.9. The van der Waals surface area contributed by atoms with E-state index in [-0.39, 0.29) is 41.3 Å². The molecule has 1 heterocycles. The fourth-order valence-electron chi connectivity index (χ4n) is 4.79. The number of benzene rings is 1. The van der Waals surface area contributed by atoms with Crippen LogP contribution < -0.4 is 10.6 Å². The molecule has 1 aliphatic carbocycles. The summed E-state index contributed by atoms with van der Waals surface area (Å²) in [5.74, 6) is 0.974. The smallest absolute Gasteiger partial charge is 0.230 e. The van der Waals surface area contributed by atoms with E-state index in [4.69, 9.17) is 4.74 Å². The predicted molar refractivity (Wildman–Crippen MR) is 141 cm³/mol. The Labute approximate surface area is 210 Å². The number of guanidine groups is 1. The molecule has 2 aliphatic rings. The highest BCUT2D eigenvalue weighted by atomic mass is 127. The van der Waals surface area contributed by atoms with Gasteiger partial charge >= 0.3 is 0 Å². The first-order chi connectivity index (χ1) is 14.9. The van der Waals surface area contributed by atoms with E-state index in [1.165, 1.54) is 11.1 Å². The van der Waals surface area contributed by atoms with Crippen molar-refractivity contribution in [1.82, 2.24) is 20.4 Å². The van der Waals surface area contributed by atoms with Crippen LogP contribution >= 0.6 is 24.0 Å². The number of ether oxygens (including phenoxy) is 1. The number of amides is 1. The van der Waals surface area contributed by atoms with Crippen molar-refractivity contribution in [2.45, 2.75) is 38.6 Å². The minimum Gasteiger partial charge on any atom is -0.379 e. The highest BCUT2D eigenvalue weighted by Crippen LogP contribution is 2.38. The Hall–Kier alpha value is -1.39. The van der Waals surface area contributed by atoms with Crippen molar-refractivity contribution in [3.8, 4) is 0 Å². The number of nitrogens with zero attached hydrogens (tertiary/aromatic N) is 3. The summed E-state index contributed by atoms with van der Waals surface area (Å²) in [6.45, 7) is 6.87. The average molecular weight is 558 g/mol. The summed E-state index contributed by atoms with van der Waals surface area (Å²) in [7, 11) is 5.49. The first kappa shape index (κ1) is 26.9. The molecule has 1 aliphatic heterocycles. The molecule has 1 unspecified atom stereocenters. The van der Waals surface area contributed by atoms with Crippen molar-refractivity contribution < 1.29 is 9.53 Å². The van der Waals surface area contributed by atoms with Gasteiger partial charge in [0, 0.05) is 47.3 Å². The summed E-state index contributed by atoms with van der Waals surface area (Å²) in [4.78, 5) is 21.5. The molecule has 180 valence electrons. The second-order valence-corrected chi connectivity index (χ2v) is 9.07. The standard InChI is InChI=1S/C24H39N5O2.HI/c1-19-7-9-20(10-8-19)21(29-13-15-31-16-14-29)17-26-23(25-2)27-18-24(11-5-6-12-24)22(30)28(3)4;/h7-10,21H,5-6,11-18H2,1-4H3,(H2,25,26,27);1H. The Morgan fingerprint density at radius 2 is 1.78 bits per heavy atom. The zero-order valence-electron chi connectivity index (χ0n) is 20.0. The molecule has 0 bridgehead atoms. The van der Waals surface area contributed by atoms with Crippen LogP contribution in [0.15, 0.2) is 29.3 Å². The van der Waals surface area contributed by atoms with Crippen LogP contribution in [0, 0.1) is 12.3 Å². The van der Waals surface area contributed by atoms with Gasteiger partial charge in [-0.2, -0.15) is 0 Å². The largest absolute Gasteiger partial charge is 0.379 e. The topological polar surface area (TPSA) is 69.2 Å². The molecule has 1 saturated carbocycles. The van der Waals surface area contributed by atoms with Gasteiger partial charge in [-0.05, 0) is 25.3 Å². The molecular formula is C24H40IN5O2. The SMILES string of the molecule is CN=C(NCC(c1ccc(C)cc1)N1CCOCC1)NCC1(C(=O)N(C)C)CCCC1.I. The second-order valence-electron chi connectivity index (χ2n) is 9.07. The van der Waals surface area contributed by atoms with Crippen LogP contribution in [0.4, 0.5) is 0 Å². The predicted octanol–water partition coefficient (Wildman–Crippen LogP) is 2.80. The summed E-state index contributed by atoms with van der Waals surface area (Å²) < 4.78 is 5.57. The van der Waals surface area contributed by atoms with Gasteiger partial charge in [0.1, 0.15) is 0 Å². The summed E-state index contributed by atoms with van der Waals surface area (Å²) >= 11 is 0. The van der Waals surface area contributed by atoms with Gasteiger partial charge < -0.3 is 20.3 Å². The number of nitrogens with one attached hydrogen (secondary N) is 2. The fourth-order valence-corrected chi connectivity index (χ4v) is 4.79. The number of halogens is 1. The lowest BCUT2D eigenvalue weighted by molar-refractivity contribution is -0.138. The first-order valence-electron chi connectivity index (χ1n) is 11.5. The maximum atomic E-state index is 12.9. The van der Waals surface area contributed by atoms with E-state index < -0.39 is 0 Å². The minimum absolute atomic E-state index is 0. The van der Waals surface area contributed by atoms with E-state index >= 15 is 0 Å². The van der Waals surface area contributed by atoms with Crippen molar-refractivity contribution in [1.29, 1.82) is 0 Å². The van der Waals surface area contributed by atoms with Gasteiger partial charge in [-0.15, -0.1) is 24.0 Å². The molecule has 8 heteroatoms. The molecule has 1 amide bonds. The van der Waals surface area contributed by atoms with Crippen LogP contribution in [0.25, 0.3) is 0 Å². The number of hydrogen-bond donors (Lipinski definition) is 2. The molecule has 2 N–H and O–H groups in total. The van der Waals surface area contributed by atoms with E-state index in [0.717, 1.165) is 64.5 Å². The number of carbonyl (C=O) groups is 1. The molecule has 0 spiro atoms. The highest BCUT2D eigenvalue weighted by Gasteiger charge is 2.42. The van der Waals surface area contributed by atoms with Gasteiger partial charge in [0.25, 0.3) is 0 Å². The Bertz CT molecular complexity index is 741. The highest BCUT2D eigenvalue weighted by molar-refractivity contribution is 14.0. The second kappa shape index (κ2) is 12.7. The third-order valence-corrected chi connectivity index (χ3v) is 6.65. The number of carbonyl (C=O) groups excluding carboxylic acids is 1. The van der Waals surface area contributed by atoms with Crippen molar-refractivity contribution in [3.63, 3.8) is 0 Å². The van der Waals surface area contributed by atoms with Gasteiger partial charge in [-0.1, -0.05) is 42.7 Å². The molecule has 2 fully saturated rings. The lowest BCUT2D eigenvalue weighted by Crippen LogP contribution is -2.50. The van der Waals surface area contributed by atoms with Gasteiger partial charge in [0.15, 0.2) is 5.96 Å². The third kappa shape index (κ3) is 6.81. The molecule has 32 heavy (non-hydrogen) atoms. The van der Waals surface area contributed by atoms with E-state index in [1.807, 2.05) is 14.1 Å². The van der Waals surface area contributed by atoms with Gasteiger partial charge in [-0.3, -0.25) is 14.7 Å². The molecule has 3 rings (SSSR count). The van der Waals surface area contributed by atoms with Crippen molar-refractivity contribution in [2.75, 3.05) is 60.5 Å². The lowest BCUT2D eigenvalue weighted by atomic mass is 9.84. The van der Waals surface area contributed by atoms with Gasteiger partial charge in [-0.25, -0.2) is 0 Å². The Morgan fingerprint density at radius 3 is 2.34 bits per heavy atom. The normalized spacial score (nSPS) is 19.7. The Morgan fingerprint density at radius 1 is 1.16 bits per heavy atom. The Kier molecular flexibility index (Phi) is 10.7. The molecule has 1 aromatic carbocycles.